The Bertz CT molecular complexity index is 987. The molecular formula is C24H30N3O2P. The van der Waals surface area contributed by atoms with Gasteiger partial charge in [0.25, 0.3) is 7.37 Å². The van der Waals surface area contributed by atoms with Gasteiger partial charge in [-0.2, -0.15) is 0 Å². The Hall–Kier alpha value is -2.75. The summed E-state index contributed by atoms with van der Waals surface area (Å²) in [5.41, 5.74) is 3.93. The Labute approximate surface area is 179 Å². The summed E-state index contributed by atoms with van der Waals surface area (Å²) in [5, 5.41) is 4.14. The maximum Gasteiger partial charge on any atom is 0.257 e. The van der Waals surface area contributed by atoms with Gasteiger partial charge in [-0.1, -0.05) is 30.3 Å². The summed E-state index contributed by atoms with van der Waals surface area (Å²) in [6, 6.07) is 25.6. The predicted molar refractivity (Wildman–Crippen MR) is 129 cm³/mol. The van der Waals surface area contributed by atoms with Crippen molar-refractivity contribution in [2.45, 2.75) is 5.78 Å². The molecule has 0 amide bonds. The Morgan fingerprint density at radius 2 is 1.27 bits per heavy atom. The fourth-order valence-corrected chi connectivity index (χ4v) is 5.50. The Balaban J connectivity index is 2.07. The zero-order valence-electron chi connectivity index (χ0n) is 18.2. The molecule has 0 aromatic heterocycles. The van der Waals surface area contributed by atoms with E-state index in [1.165, 1.54) is 7.11 Å². The molecule has 2 atom stereocenters. The number of benzene rings is 3. The molecule has 0 saturated heterocycles. The number of nitrogens with one attached hydrogen (secondary N) is 1. The van der Waals surface area contributed by atoms with E-state index in [2.05, 4.69) is 5.32 Å². The maximum atomic E-state index is 14.3. The minimum Gasteiger partial charge on any atom is -0.378 e. The van der Waals surface area contributed by atoms with Crippen LogP contribution < -0.4 is 20.4 Å². The average molecular weight is 423 g/mol. The quantitative estimate of drug-likeness (QED) is 0.506. The number of nitrogens with zero attached hydrogens (tertiary/aromatic N) is 2. The van der Waals surface area contributed by atoms with Gasteiger partial charge in [-0.15, -0.1) is 0 Å². The van der Waals surface area contributed by atoms with Crippen LogP contribution in [0.25, 0.3) is 0 Å². The molecule has 3 rings (SSSR count). The number of para-hydroxylation sites is 1. The summed E-state index contributed by atoms with van der Waals surface area (Å²) >= 11 is 0. The molecule has 1 N–H and O–H groups in total. The van der Waals surface area contributed by atoms with E-state index in [0.29, 0.717) is 5.30 Å². The Kier molecular flexibility index (Phi) is 6.86. The van der Waals surface area contributed by atoms with Crippen molar-refractivity contribution in [1.29, 1.82) is 0 Å². The van der Waals surface area contributed by atoms with Gasteiger partial charge in [0.2, 0.25) is 0 Å². The van der Waals surface area contributed by atoms with Gasteiger partial charge in [0.05, 0.1) is 0 Å². The molecule has 0 aliphatic heterocycles. The zero-order chi connectivity index (χ0) is 21.7. The van der Waals surface area contributed by atoms with Crippen molar-refractivity contribution in [3.8, 4) is 0 Å². The molecule has 6 heteroatoms. The standard InChI is InChI=1S/C24H30N3O2P/c1-26(2)21-13-11-19(12-14-21)24(25-20-9-7-6-8-10-20)30(28,29-5)23-17-15-22(16-18-23)27(3)4/h6-18,24-25H,1-5H3/t24-,30+/m1/s1. The summed E-state index contributed by atoms with van der Waals surface area (Å²) in [4.78, 5) is 4.06. The highest BCUT2D eigenvalue weighted by Gasteiger charge is 2.37. The summed E-state index contributed by atoms with van der Waals surface area (Å²) in [6.07, 6.45) is 0. The van der Waals surface area contributed by atoms with E-state index < -0.39 is 13.2 Å². The predicted octanol–water partition coefficient (Wildman–Crippen LogP) is 5.18. The highest BCUT2D eigenvalue weighted by Crippen LogP contribution is 2.58. The lowest BCUT2D eigenvalue weighted by Gasteiger charge is -2.29. The van der Waals surface area contributed by atoms with E-state index in [1.807, 2.05) is 117 Å². The minimum atomic E-state index is -3.28. The van der Waals surface area contributed by atoms with Crippen molar-refractivity contribution >= 4 is 29.7 Å². The lowest BCUT2D eigenvalue weighted by Crippen LogP contribution is -2.20. The largest absolute Gasteiger partial charge is 0.378 e. The molecule has 3 aromatic carbocycles. The van der Waals surface area contributed by atoms with Crippen LogP contribution in [0, 0.1) is 0 Å². The molecule has 0 unspecified atom stereocenters. The van der Waals surface area contributed by atoms with Gasteiger partial charge in [0, 0.05) is 57.7 Å². The van der Waals surface area contributed by atoms with E-state index in [-0.39, 0.29) is 0 Å². The molecule has 0 aliphatic carbocycles. The first-order chi connectivity index (χ1) is 14.3. The van der Waals surface area contributed by atoms with E-state index in [1.54, 1.807) is 0 Å². The van der Waals surface area contributed by atoms with Crippen LogP contribution in [0.2, 0.25) is 0 Å². The topological polar surface area (TPSA) is 44.8 Å². The van der Waals surface area contributed by atoms with Crippen molar-refractivity contribution in [3.63, 3.8) is 0 Å². The second kappa shape index (κ2) is 9.38. The first kappa shape index (κ1) is 21.9. The smallest absolute Gasteiger partial charge is 0.257 e. The van der Waals surface area contributed by atoms with Gasteiger partial charge in [-0.25, -0.2) is 0 Å². The summed E-state index contributed by atoms with van der Waals surface area (Å²) in [7, 11) is 6.21. The number of hydrogen-bond donors (Lipinski definition) is 1. The minimum absolute atomic E-state index is 0.522. The lowest BCUT2D eigenvalue weighted by molar-refractivity contribution is 0.396. The summed E-state index contributed by atoms with van der Waals surface area (Å²) in [6.45, 7) is 0. The van der Waals surface area contributed by atoms with Crippen molar-refractivity contribution in [2.75, 3.05) is 50.4 Å². The normalized spacial score (nSPS) is 13.9. The van der Waals surface area contributed by atoms with E-state index in [4.69, 9.17) is 4.52 Å². The van der Waals surface area contributed by atoms with E-state index in [0.717, 1.165) is 22.6 Å². The lowest BCUT2D eigenvalue weighted by atomic mass is 10.2. The van der Waals surface area contributed by atoms with Gasteiger partial charge in [0.15, 0.2) is 0 Å². The fourth-order valence-electron chi connectivity index (χ4n) is 3.33. The van der Waals surface area contributed by atoms with Crippen molar-refractivity contribution in [1.82, 2.24) is 0 Å². The van der Waals surface area contributed by atoms with Crippen molar-refractivity contribution in [3.05, 3.63) is 84.4 Å². The molecular weight excluding hydrogens is 393 g/mol. The van der Waals surface area contributed by atoms with Crippen molar-refractivity contribution < 1.29 is 9.09 Å². The van der Waals surface area contributed by atoms with Gasteiger partial charge in [-0.05, 0) is 54.1 Å². The van der Waals surface area contributed by atoms with Crippen LogP contribution in [0.5, 0.6) is 0 Å². The molecule has 30 heavy (non-hydrogen) atoms. The van der Waals surface area contributed by atoms with Gasteiger partial charge in [-0.3, -0.25) is 4.57 Å². The Morgan fingerprint density at radius 1 is 0.767 bits per heavy atom. The van der Waals surface area contributed by atoms with E-state index >= 15 is 0 Å². The SMILES string of the molecule is CO[P@@](=O)(c1ccc(N(C)C)cc1)[C@@H](Nc1ccccc1)c1ccc(N(C)C)cc1. The molecule has 0 bridgehead atoms. The zero-order valence-corrected chi connectivity index (χ0v) is 19.1. The van der Waals surface area contributed by atoms with Crippen molar-refractivity contribution in [2.24, 2.45) is 0 Å². The molecule has 0 fully saturated rings. The van der Waals surface area contributed by atoms with Crippen LogP contribution in [0.4, 0.5) is 17.1 Å². The fraction of sp³-hybridized carbons (Fsp3) is 0.250. The first-order valence-electron chi connectivity index (χ1n) is 9.87. The van der Waals surface area contributed by atoms with Crippen LogP contribution in [-0.4, -0.2) is 35.3 Å². The first-order valence-corrected chi connectivity index (χ1v) is 11.6. The van der Waals surface area contributed by atoms with Crippen LogP contribution in [0.3, 0.4) is 0 Å². The molecule has 158 valence electrons. The van der Waals surface area contributed by atoms with Crippen LogP contribution in [0.1, 0.15) is 11.3 Å². The highest BCUT2D eigenvalue weighted by molar-refractivity contribution is 7.67. The third-order valence-corrected chi connectivity index (χ3v) is 7.81. The average Bonchev–Trinajstić information content (AvgIpc) is 2.78. The molecule has 0 aliphatic rings. The summed E-state index contributed by atoms with van der Waals surface area (Å²) < 4.78 is 20.0. The van der Waals surface area contributed by atoms with Gasteiger partial charge < -0.3 is 19.6 Å². The molecule has 0 radical (unpaired) electrons. The van der Waals surface area contributed by atoms with Gasteiger partial charge >= 0.3 is 0 Å². The molecule has 5 nitrogen and oxygen atoms in total. The third-order valence-electron chi connectivity index (χ3n) is 5.14. The molecule has 3 aromatic rings. The van der Waals surface area contributed by atoms with Crippen LogP contribution >= 0.6 is 7.37 Å². The van der Waals surface area contributed by atoms with E-state index in [9.17, 15) is 4.57 Å². The molecule has 0 spiro atoms. The number of hydrogen-bond acceptors (Lipinski definition) is 5. The maximum absolute atomic E-state index is 14.3. The molecule has 0 heterocycles. The second-order valence-corrected chi connectivity index (χ2v) is 10.2. The monoisotopic (exact) mass is 423 g/mol. The Morgan fingerprint density at radius 3 is 1.73 bits per heavy atom. The highest BCUT2D eigenvalue weighted by atomic mass is 31.2. The summed E-state index contributed by atoms with van der Waals surface area (Å²) in [5.74, 6) is -0.522. The third kappa shape index (κ3) is 4.69. The van der Waals surface area contributed by atoms with Crippen LogP contribution in [0.15, 0.2) is 78.9 Å². The molecule has 0 saturated carbocycles. The number of anilines is 3. The van der Waals surface area contributed by atoms with Crippen LogP contribution in [-0.2, 0) is 9.09 Å². The number of rotatable bonds is 8. The van der Waals surface area contributed by atoms with Gasteiger partial charge in [0.1, 0.15) is 5.78 Å². The second-order valence-electron chi connectivity index (χ2n) is 7.59.